The van der Waals surface area contributed by atoms with Gasteiger partial charge in [0.1, 0.15) is 12.4 Å². The summed E-state index contributed by atoms with van der Waals surface area (Å²) >= 11 is 0. The molecular formula is C24H31N3O4. The molecule has 0 saturated carbocycles. The molecule has 1 fully saturated rings. The van der Waals surface area contributed by atoms with E-state index in [1.165, 1.54) is 5.56 Å². The quantitative estimate of drug-likeness (QED) is 0.543. The van der Waals surface area contributed by atoms with Crippen molar-refractivity contribution in [2.24, 2.45) is 4.99 Å². The average Bonchev–Trinajstić information content (AvgIpc) is 3.29. The van der Waals surface area contributed by atoms with Crippen molar-refractivity contribution in [3.63, 3.8) is 0 Å². The molecule has 2 aliphatic heterocycles. The maximum atomic E-state index is 5.83. The molecule has 2 aromatic rings. The molecule has 7 nitrogen and oxygen atoms in total. The van der Waals surface area contributed by atoms with Crippen molar-refractivity contribution in [3.8, 4) is 17.2 Å². The highest BCUT2D eigenvalue weighted by Crippen LogP contribution is 2.40. The second-order valence-corrected chi connectivity index (χ2v) is 7.94. The van der Waals surface area contributed by atoms with Crippen LogP contribution in [0.2, 0.25) is 0 Å². The summed E-state index contributed by atoms with van der Waals surface area (Å²) in [6.07, 6.45) is 1.88. The van der Waals surface area contributed by atoms with Crippen molar-refractivity contribution >= 4 is 5.96 Å². The topological polar surface area (TPSA) is 64.6 Å². The van der Waals surface area contributed by atoms with Crippen LogP contribution >= 0.6 is 0 Å². The van der Waals surface area contributed by atoms with Crippen LogP contribution in [-0.4, -0.2) is 64.7 Å². The van der Waals surface area contributed by atoms with Crippen molar-refractivity contribution in [1.82, 2.24) is 10.2 Å². The van der Waals surface area contributed by atoms with Crippen LogP contribution in [0.25, 0.3) is 0 Å². The zero-order valence-electron chi connectivity index (χ0n) is 18.3. The number of para-hydroxylation sites is 1. The van der Waals surface area contributed by atoms with Gasteiger partial charge in [0.25, 0.3) is 0 Å². The number of ether oxygens (including phenoxy) is 4. The van der Waals surface area contributed by atoms with Gasteiger partial charge >= 0.3 is 0 Å². The molecule has 1 N–H and O–H groups in total. The first-order chi connectivity index (χ1) is 15.2. The Kier molecular flexibility index (Phi) is 6.82. The van der Waals surface area contributed by atoms with Crippen LogP contribution in [0.1, 0.15) is 18.4 Å². The lowest BCUT2D eigenvalue weighted by molar-refractivity contribution is 0.0511. The molecule has 0 atom stereocenters. The predicted molar refractivity (Wildman–Crippen MR) is 120 cm³/mol. The van der Waals surface area contributed by atoms with Crippen LogP contribution < -0.4 is 19.5 Å². The zero-order chi connectivity index (χ0) is 21.5. The number of nitrogens with zero attached hydrogens (tertiary/aromatic N) is 2. The first-order valence-corrected chi connectivity index (χ1v) is 10.8. The van der Waals surface area contributed by atoms with E-state index in [9.17, 15) is 0 Å². The molecule has 31 heavy (non-hydrogen) atoms. The highest BCUT2D eigenvalue weighted by atomic mass is 16.7. The summed E-state index contributed by atoms with van der Waals surface area (Å²) in [4.78, 5) is 6.57. The number of rotatable bonds is 7. The first kappa shape index (κ1) is 21.3. The smallest absolute Gasteiger partial charge is 0.231 e. The van der Waals surface area contributed by atoms with Gasteiger partial charge in [0.15, 0.2) is 17.5 Å². The summed E-state index contributed by atoms with van der Waals surface area (Å²) in [5, 5.41) is 3.59. The molecule has 0 spiro atoms. The fraction of sp³-hybridized carbons (Fsp3) is 0.458. The number of nitrogens with one attached hydrogen (secondary N) is 1. The van der Waals surface area contributed by atoms with Crippen molar-refractivity contribution in [1.29, 1.82) is 0 Å². The van der Waals surface area contributed by atoms with E-state index < -0.39 is 0 Å². The summed E-state index contributed by atoms with van der Waals surface area (Å²) in [5.41, 5.74) is 1.20. The molecule has 166 valence electrons. The van der Waals surface area contributed by atoms with Gasteiger partial charge in [0.2, 0.25) is 6.79 Å². The number of benzene rings is 2. The molecular weight excluding hydrogens is 394 g/mol. The number of guanidine groups is 1. The van der Waals surface area contributed by atoms with E-state index in [-0.39, 0.29) is 12.2 Å². The third-order valence-corrected chi connectivity index (χ3v) is 6.03. The standard InChI is InChI=1S/C24H31N3O4/c1-25-23(27(2)12-15-29-20-6-4-3-5-7-20)26-17-24(10-13-28-14-11-24)19-8-9-21-22(16-19)31-18-30-21/h3-9,16H,10-15,17-18H2,1-2H3,(H,25,26). The van der Waals surface area contributed by atoms with Crippen LogP contribution in [-0.2, 0) is 10.2 Å². The molecule has 0 bridgehead atoms. The largest absolute Gasteiger partial charge is 0.492 e. The maximum absolute atomic E-state index is 5.83. The van der Waals surface area contributed by atoms with Gasteiger partial charge in [-0.2, -0.15) is 0 Å². The lowest BCUT2D eigenvalue weighted by atomic mass is 9.74. The fourth-order valence-corrected chi connectivity index (χ4v) is 4.11. The molecule has 0 amide bonds. The normalized spacial score (nSPS) is 17.3. The number of hydrogen-bond acceptors (Lipinski definition) is 5. The van der Waals surface area contributed by atoms with E-state index in [4.69, 9.17) is 18.9 Å². The summed E-state index contributed by atoms with van der Waals surface area (Å²) in [7, 11) is 3.84. The molecule has 0 aromatic heterocycles. The second kappa shape index (κ2) is 9.92. The Morgan fingerprint density at radius 1 is 1.10 bits per heavy atom. The average molecular weight is 426 g/mol. The summed E-state index contributed by atoms with van der Waals surface area (Å²) in [5.74, 6) is 3.36. The molecule has 2 aliphatic rings. The van der Waals surface area contributed by atoms with Gasteiger partial charge in [0.05, 0.1) is 6.54 Å². The number of fused-ring (bicyclic) bond motifs is 1. The number of hydrogen-bond donors (Lipinski definition) is 1. The molecule has 0 aliphatic carbocycles. The Morgan fingerprint density at radius 3 is 2.65 bits per heavy atom. The lowest BCUT2D eigenvalue weighted by Crippen LogP contribution is -2.49. The van der Waals surface area contributed by atoms with Crippen LogP contribution in [0.5, 0.6) is 17.2 Å². The van der Waals surface area contributed by atoms with Crippen LogP contribution in [0.3, 0.4) is 0 Å². The Morgan fingerprint density at radius 2 is 1.87 bits per heavy atom. The van der Waals surface area contributed by atoms with Gasteiger partial charge in [-0.1, -0.05) is 24.3 Å². The van der Waals surface area contributed by atoms with E-state index >= 15 is 0 Å². The Hall–Kier alpha value is -2.93. The Bertz CT molecular complexity index is 882. The van der Waals surface area contributed by atoms with Crippen molar-refractivity contribution in [3.05, 3.63) is 54.1 Å². The zero-order valence-corrected chi connectivity index (χ0v) is 18.3. The minimum atomic E-state index is -0.0451. The predicted octanol–water partition coefficient (Wildman–Crippen LogP) is 3.05. The molecule has 0 unspecified atom stereocenters. The Balaban J connectivity index is 1.39. The van der Waals surface area contributed by atoms with E-state index in [1.54, 1.807) is 0 Å². The van der Waals surface area contributed by atoms with Gasteiger partial charge in [-0.05, 0) is 42.7 Å². The van der Waals surface area contributed by atoms with Gasteiger partial charge in [-0.25, -0.2) is 0 Å². The fourth-order valence-electron chi connectivity index (χ4n) is 4.11. The molecule has 2 aromatic carbocycles. The summed E-state index contributed by atoms with van der Waals surface area (Å²) in [6, 6.07) is 16.1. The van der Waals surface area contributed by atoms with Crippen molar-refractivity contribution in [2.45, 2.75) is 18.3 Å². The molecule has 0 radical (unpaired) electrons. The van der Waals surface area contributed by atoms with Crippen molar-refractivity contribution < 1.29 is 18.9 Å². The van der Waals surface area contributed by atoms with Crippen LogP contribution in [0.4, 0.5) is 0 Å². The molecule has 1 saturated heterocycles. The third-order valence-electron chi connectivity index (χ3n) is 6.03. The first-order valence-electron chi connectivity index (χ1n) is 10.8. The van der Waals surface area contributed by atoms with E-state index in [0.717, 1.165) is 62.4 Å². The third kappa shape index (κ3) is 5.05. The monoisotopic (exact) mass is 425 g/mol. The summed E-state index contributed by atoms with van der Waals surface area (Å²) in [6.45, 7) is 3.87. The van der Waals surface area contributed by atoms with E-state index in [1.807, 2.05) is 50.5 Å². The van der Waals surface area contributed by atoms with E-state index in [2.05, 4.69) is 27.3 Å². The van der Waals surface area contributed by atoms with Gasteiger partial charge in [0, 0.05) is 39.3 Å². The lowest BCUT2D eigenvalue weighted by Gasteiger charge is -2.39. The molecule has 2 heterocycles. The van der Waals surface area contributed by atoms with Crippen LogP contribution in [0.15, 0.2) is 53.5 Å². The maximum Gasteiger partial charge on any atom is 0.231 e. The molecule has 4 rings (SSSR count). The SMILES string of the molecule is CN=C(NCC1(c2ccc3c(c2)OCO3)CCOCC1)N(C)CCOc1ccccc1. The van der Waals surface area contributed by atoms with Gasteiger partial charge < -0.3 is 29.2 Å². The Labute approximate surface area is 184 Å². The highest BCUT2D eigenvalue weighted by Gasteiger charge is 2.36. The van der Waals surface area contributed by atoms with E-state index in [0.29, 0.717) is 6.61 Å². The highest BCUT2D eigenvalue weighted by molar-refractivity contribution is 5.79. The number of aliphatic imine (C=N–C) groups is 1. The van der Waals surface area contributed by atoms with Gasteiger partial charge in [-0.3, -0.25) is 4.99 Å². The second-order valence-electron chi connectivity index (χ2n) is 7.94. The summed E-state index contributed by atoms with van der Waals surface area (Å²) < 4.78 is 22.6. The van der Waals surface area contributed by atoms with Crippen molar-refractivity contribution in [2.75, 3.05) is 53.8 Å². The van der Waals surface area contributed by atoms with Gasteiger partial charge in [-0.15, -0.1) is 0 Å². The van der Waals surface area contributed by atoms with Crippen LogP contribution in [0, 0.1) is 0 Å². The minimum absolute atomic E-state index is 0.0451. The number of likely N-dealkylation sites (N-methyl/N-ethyl adjacent to an activating group) is 1. The minimum Gasteiger partial charge on any atom is -0.492 e. The molecule has 7 heteroatoms.